The molecule has 2 rings (SSSR count). The second-order valence-electron chi connectivity index (χ2n) is 4.30. The maximum atomic E-state index is 6.08. The highest BCUT2D eigenvalue weighted by Gasteiger charge is 2.05. The van der Waals surface area contributed by atoms with Crippen molar-refractivity contribution in [3.63, 3.8) is 0 Å². The van der Waals surface area contributed by atoms with Crippen molar-refractivity contribution in [3.05, 3.63) is 57.6 Å². The molecular formula is C15H15Cl2NO. The summed E-state index contributed by atoms with van der Waals surface area (Å²) < 4.78 is 5.77. The summed E-state index contributed by atoms with van der Waals surface area (Å²) >= 11 is 11.9. The molecular weight excluding hydrogens is 281 g/mol. The van der Waals surface area contributed by atoms with Crippen LogP contribution in [0.15, 0.2) is 36.4 Å². The van der Waals surface area contributed by atoms with E-state index in [1.165, 1.54) is 11.1 Å². The molecule has 0 aliphatic carbocycles. The van der Waals surface area contributed by atoms with E-state index in [1.54, 1.807) is 18.2 Å². The lowest BCUT2D eigenvalue weighted by atomic mass is 10.1. The summed E-state index contributed by atoms with van der Waals surface area (Å²) in [6, 6.07) is 11.2. The molecule has 0 spiro atoms. The topological polar surface area (TPSA) is 21.3 Å². The Morgan fingerprint density at radius 1 is 1.11 bits per heavy atom. The first kappa shape index (κ1) is 14.2. The molecule has 2 aromatic carbocycles. The van der Waals surface area contributed by atoms with Gasteiger partial charge >= 0.3 is 0 Å². The highest BCUT2D eigenvalue weighted by molar-refractivity contribution is 6.35. The molecule has 0 aliphatic rings. The Kier molecular flexibility index (Phi) is 4.70. The van der Waals surface area contributed by atoms with Crippen molar-refractivity contribution >= 4 is 23.2 Å². The number of rotatable bonds is 4. The Bertz CT molecular complexity index is 584. The molecule has 19 heavy (non-hydrogen) atoms. The van der Waals surface area contributed by atoms with Crippen molar-refractivity contribution in [2.75, 3.05) is 7.05 Å². The lowest BCUT2D eigenvalue weighted by Gasteiger charge is -2.11. The van der Waals surface area contributed by atoms with Crippen LogP contribution in [0.4, 0.5) is 0 Å². The zero-order chi connectivity index (χ0) is 13.8. The number of halogens is 2. The maximum absolute atomic E-state index is 6.08. The summed E-state index contributed by atoms with van der Waals surface area (Å²) in [7, 11) is 1.93. The molecule has 0 amide bonds. The molecule has 2 nitrogen and oxygen atoms in total. The molecule has 0 atom stereocenters. The zero-order valence-electron chi connectivity index (χ0n) is 10.8. The number of hydrogen-bond donors (Lipinski definition) is 1. The summed E-state index contributed by atoms with van der Waals surface area (Å²) in [4.78, 5) is 0. The highest BCUT2D eigenvalue weighted by atomic mass is 35.5. The first-order valence-electron chi connectivity index (χ1n) is 5.97. The van der Waals surface area contributed by atoms with Crippen molar-refractivity contribution in [1.82, 2.24) is 5.32 Å². The van der Waals surface area contributed by atoms with Crippen LogP contribution >= 0.6 is 23.2 Å². The summed E-state index contributed by atoms with van der Waals surface area (Å²) in [5.74, 6) is 1.37. The number of hydrogen-bond acceptors (Lipinski definition) is 2. The normalized spacial score (nSPS) is 10.5. The third-order valence-corrected chi connectivity index (χ3v) is 3.33. The van der Waals surface area contributed by atoms with E-state index in [4.69, 9.17) is 27.9 Å². The second-order valence-corrected chi connectivity index (χ2v) is 5.14. The molecule has 0 saturated heterocycles. The van der Waals surface area contributed by atoms with Crippen LogP contribution in [0.25, 0.3) is 0 Å². The van der Waals surface area contributed by atoms with Gasteiger partial charge in [0.1, 0.15) is 11.5 Å². The Morgan fingerprint density at radius 3 is 2.53 bits per heavy atom. The molecule has 0 fully saturated rings. The van der Waals surface area contributed by atoms with E-state index in [-0.39, 0.29) is 0 Å². The van der Waals surface area contributed by atoms with E-state index in [0.717, 1.165) is 12.3 Å². The average molecular weight is 296 g/mol. The molecule has 0 heterocycles. The lowest BCUT2D eigenvalue weighted by Crippen LogP contribution is -2.06. The van der Waals surface area contributed by atoms with Crippen LogP contribution in [0.2, 0.25) is 10.0 Å². The van der Waals surface area contributed by atoms with Crippen LogP contribution in [0.5, 0.6) is 11.5 Å². The van der Waals surface area contributed by atoms with Gasteiger partial charge in [0.25, 0.3) is 0 Å². The van der Waals surface area contributed by atoms with E-state index in [2.05, 4.69) is 12.2 Å². The minimum atomic E-state index is 0.504. The van der Waals surface area contributed by atoms with Gasteiger partial charge in [0.05, 0.1) is 5.02 Å². The van der Waals surface area contributed by atoms with Gasteiger partial charge < -0.3 is 10.1 Å². The molecule has 0 bridgehead atoms. The molecule has 0 radical (unpaired) electrons. The van der Waals surface area contributed by atoms with Gasteiger partial charge in [-0.3, -0.25) is 0 Å². The van der Waals surface area contributed by atoms with E-state index in [0.29, 0.717) is 15.8 Å². The highest BCUT2D eigenvalue weighted by Crippen LogP contribution is 2.32. The number of nitrogens with one attached hydrogen (secondary N) is 1. The van der Waals surface area contributed by atoms with Gasteiger partial charge in [0, 0.05) is 11.6 Å². The van der Waals surface area contributed by atoms with Crippen LogP contribution in [-0.4, -0.2) is 7.05 Å². The van der Waals surface area contributed by atoms with Gasteiger partial charge in [-0.25, -0.2) is 0 Å². The lowest BCUT2D eigenvalue weighted by molar-refractivity contribution is 0.482. The smallest absolute Gasteiger partial charge is 0.146 e. The number of ether oxygens (including phenoxy) is 1. The van der Waals surface area contributed by atoms with Gasteiger partial charge in [0.2, 0.25) is 0 Å². The fourth-order valence-electron chi connectivity index (χ4n) is 1.81. The van der Waals surface area contributed by atoms with Crippen molar-refractivity contribution in [1.29, 1.82) is 0 Å². The molecule has 1 N–H and O–H groups in total. The van der Waals surface area contributed by atoms with E-state index in [9.17, 15) is 0 Å². The zero-order valence-corrected chi connectivity index (χ0v) is 12.3. The van der Waals surface area contributed by atoms with E-state index < -0.39 is 0 Å². The molecule has 0 aromatic heterocycles. The molecule has 0 aliphatic heterocycles. The fourth-order valence-corrected chi connectivity index (χ4v) is 2.25. The fraction of sp³-hybridized carbons (Fsp3) is 0.200. The number of aryl methyl sites for hydroxylation is 1. The molecule has 2 aromatic rings. The maximum Gasteiger partial charge on any atom is 0.146 e. The predicted molar refractivity (Wildman–Crippen MR) is 80.5 cm³/mol. The van der Waals surface area contributed by atoms with Crippen LogP contribution in [0, 0.1) is 6.92 Å². The Morgan fingerprint density at radius 2 is 1.89 bits per heavy atom. The minimum Gasteiger partial charge on any atom is -0.456 e. The third-order valence-electron chi connectivity index (χ3n) is 2.80. The van der Waals surface area contributed by atoms with Crippen molar-refractivity contribution < 1.29 is 4.74 Å². The average Bonchev–Trinajstić information content (AvgIpc) is 2.36. The van der Waals surface area contributed by atoms with Gasteiger partial charge in [-0.15, -0.1) is 0 Å². The largest absolute Gasteiger partial charge is 0.456 e. The Hall–Kier alpha value is -1.22. The summed E-state index contributed by atoms with van der Waals surface area (Å²) in [5.41, 5.74) is 2.42. The monoisotopic (exact) mass is 295 g/mol. The van der Waals surface area contributed by atoms with E-state index in [1.807, 2.05) is 25.2 Å². The van der Waals surface area contributed by atoms with Gasteiger partial charge in [-0.2, -0.15) is 0 Å². The quantitative estimate of drug-likeness (QED) is 0.874. The third kappa shape index (κ3) is 3.63. The Balaban J connectivity index is 2.21. The second kappa shape index (κ2) is 6.29. The Labute approximate surface area is 123 Å². The van der Waals surface area contributed by atoms with Crippen LogP contribution < -0.4 is 10.1 Å². The summed E-state index contributed by atoms with van der Waals surface area (Å²) in [6.07, 6.45) is 0. The summed E-state index contributed by atoms with van der Waals surface area (Å²) in [5, 5.41) is 4.23. The van der Waals surface area contributed by atoms with Gasteiger partial charge in [-0.1, -0.05) is 29.3 Å². The van der Waals surface area contributed by atoms with E-state index >= 15 is 0 Å². The molecule has 0 saturated carbocycles. The van der Waals surface area contributed by atoms with Gasteiger partial charge in [0.15, 0.2) is 0 Å². The minimum absolute atomic E-state index is 0.504. The summed E-state index contributed by atoms with van der Waals surface area (Å²) in [6.45, 7) is 2.90. The molecule has 0 unspecified atom stereocenters. The van der Waals surface area contributed by atoms with Crippen molar-refractivity contribution in [3.8, 4) is 11.5 Å². The first-order valence-corrected chi connectivity index (χ1v) is 6.73. The standard InChI is InChI=1S/C15H15Cl2NO/c1-10-7-13(5-3-11(10)9-18-2)19-15-6-4-12(16)8-14(15)17/h3-8,18H,9H2,1-2H3. The van der Waals surface area contributed by atoms with Crippen LogP contribution in [0.3, 0.4) is 0 Å². The van der Waals surface area contributed by atoms with Crippen LogP contribution in [-0.2, 0) is 6.54 Å². The molecule has 4 heteroatoms. The predicted octanol–water partition coefficient (Wildman–Crippen LogP) is 4.81. The number of benzene rings is 2. The first-order chi connectivity index (χ1) is 9.10. The van der Waals surface area contributed by atoms with Gasteiger partial charge in [-0.05, 0) is 55.4 Å². The SMILES string of the molecule is CNCc1ccc(Oc2ccc(Cl)cc2Cl)cc1C. The van der Waals surface area contributed by atoms with Crippen LogP contribution in [0.1, 0.15) is 11.1 Å². The van der Waals surface area contributed by atoms with Crippen molar-refractivity contribution in [2.24, 2.45) is 0 Å². The molecule has 100 valence electrons. The van der Waals surface area contributed by atoms with Crippen molar-refractivity contribution in [2.45, 2.75) is 13.5 Å².